The third-order valence-electron chi connectivity index (χ3n) is 3.03. The molecule has 0 spiro atoms. The fraction of sp³-hybridized carbons (Fsp3) is 1.00. The largest absolute Gasteiger partial charge is 0.380 e. The zero-order chi connectivity index (χ0) is 9.80. The van der Waals surface area contributed by atoms with E-state index in [-0.39, 0.29) is 0 Å². The number of piperazine rings is 1. The van der Waals surface area contributed by atoms with Gasteiger partial charge in [0, 0.05) is 38.8 Å². The van der Waals surface area contributed by atoms with Crippen LogP contribution in [0.15, 0.2) is 0 Å². The predicted octanol–water partition coefficient (Wildman–Crippen LogP) is -0.0826. The fourth-order valence-electron chi connectivity index (χ4n) is 2.04. The van der Waals surface area contributed by atoms with Crippen LogP contribution in [0, 0.1) is 0 Å². The number of ether oxygens (including phenoxy) is 1. The van der Waals surface area contributed by atoms with Gasteiger partial charge in [0.15, 0.2) is 0 Å². The fourth-order valence-corrected chi connectivity index (χ4v) is 2.04. The molecule has 1 atom stereocenters. The summed E-state index contributed by atoms with van der Waals surface area (Å²) in [5.41, 5.74) is 3.56. The van der Waals surface area contributed by atoms with Crippen LogP contribution in [0.4, 0.5) is 0 Å². The molecule has 0 aromatic carbocycles. The number of nitrogens with zero attached hydrogens (tertiary/aromatic N) is 2. The van der Waals surface area contributed by atoms with Gasteiger partial charge in [-0.15, -0.1) is 0 Å². The molecule has 2 fully saturated rings. The smallest absolute Gasteiger partial charge is 0.0633 e. The second kappa shape index (κ2) is 5.07. The maximum Gasteiger partial charge on any atom is 0.0633 e. The van der Waals surface area contributed by atoms with E-state index in [0.29, 0.717) is 6.04 Å². The third-order valence-corrected chi connectivity index (χ3v) is 3.03. The highest BCUT2D eigenvalue weighted by molar-refractivity contribution is 4.72. The van der Waals surface area contributed by atoms with Crippen molar-refractivity contribution in [2.45, 2.75) is 18.9 Å². The second-order valence-corrected chi connectivity index (χ2v) is 4.33. The normalized spacial score (nSPS) is 31.9. The quantitative estimate of drug-likeness (QED) is 0.673. The lowest BCUT2D eigenvalue weighted by molar-refractivity contribution is 0.0185. The van der Waals surface area contributed by atoms with Gasteiger partial charge < -0.3 is 9.64 Å². The van der Waals surface area contributed by atoms with Gasteiger partial charge in [0.05, 0.1) is 6.61 Å². The van der Waals surface area contributed by atoms with Crippen molar-refractivity contribution in [2.24, 2.45) is 0 Å². The van der Waals surface area contributed by atoms with Crippen molar-refractivity contribution in [1.82, 2.24) is 15.3 Å². The minimum atomic E-state index is 0.548. The Balaban J connectivity index is 1.68. The topological polar surface area (TPSA) is 27.7 Å². The Morgan fingerprint density at radius 1 is 1.21 bits per heavy atom. The first-order valence-corrected chi connectivity index (χ1v) is 5.62. The van der Waals surface area contributed by atoms with Crippen LogP contribution in [0.25, 0.3) is 0 Å². The molecule has 4 heteroatoms. The van der Waals surface area contributed by atoms with E-state index in [1.165, 1.54) is 25.9 Å². The van der Waals surface area contributed by atoms with Crippen molar-refractivity contribution in [3.8, 4) is 0 Å². The molecule has 0 radical (unpaired) electrons. The minimum absolute atomic E-state index is 0.548. The van der Waals surface area contributed by atoms with E-state index in [9.17, 15) is 0 Å². The van der Waals surface area contributed by atoms with Crippen molar-refractivity contribution in [2.75, 3.05) is 46.4 Å². The Kier molecular flexibility index (Phi) is 3.75. The van der Waals surface area contributed by atoms with Crippen LogP contribution in [0.2, 0.25) is 0 Å². The molecule has 1 unspecified atom stereocenters. The van der Waals surface area contributed by atoms with Gasteiger partial charge in [-0.3, -0.25) is 0 Å². The molecule has 2 saturated heterocycles. The molecular weight excluding hydrogens is 178 g/mol. The first kappa shape index (κ1) is 10.4. The van der Waals surface area contributed by atoms with Gasteiger partial charge >= 0.3 is 0 Å². The molecule has 4 nitrogen and oxygen atoms in total. The predicted molar refractivity (Wildman–Crippen MR) is 56.0 cm³/mol. The number of nitrogens with one attached hydrogen (secondary N) is 1. The monoisotopic (exact) mass is 199 g/mol. The van der Waals surface area contributed by atoms with Gasteiger partial charge in [-0.05, 0) is 19.9 Å². The number of hydrazine groups is 1. The number of hydrogen-bond acceptors (Lipinski definition) is 4. The van der Waals surface area contributed by atoms with Crippen molar-refractivity contribution in [3.05, 3.63) is 0 Å². The van der Waals surface area contributed by atoms with Crippen LogP contribution >= 0.6 is 0 Å². The third kappa shape index (κ3) is 2.92. The SMILES string of the molecule is CN1CCN(NC2CCCOC2)CC1. The zero-order valence-corrected chi connectivity index (χ0v) is 9.04. The molecule has 1 N–H and O–H groups in total. The highest BCUT2D eigenvalue weighted by Gasteiger charge is 2.19. The summed E-state index contributed by atoms with van der Waals surface area (Å²) in [7, 11) is 2.18. The molecule has 0 amide bonds. The molecule has 0 aliphatic carbocycles. The summed E-state index contributed by atoms with van der Waals surface area (Å²) < 4.78 is 5.45. The van der Waals surface area contributed by atoms with Crippen LogP contribution in [0.3, 0.4) is 0 Å². The summed E-state index contributed by atoms with van der Waals surface area (Å²) in [4.78, 5) is 2.37. The average molecular weight is 199 g/mol. The molecule has 0 aromatic heterocycles. The summed E-state index contributed by atoms with van der Waals surface area (Å²) >= 11 is 0. The Hall–Kier alpha value is -0.160. The van der Waals surface area contributed by atoms with Crippen LogP contribution in [0.1, 0.15) is 12.8 Å². The Bertz CT molecular complexity index is 163. The summed E-state index contributed by atoms with van der Waals surface area (Å²) in [5.74, 6) is 0. The van der Waals surface area contributed by atoms with E-state index in [2.05, 4.69) is 22.4 Å². The number of hydrogen-bond donors (Lipinski definition) is 1. The summed E-state index contributed by atoms with van der Waals surface area (Å²) in [6, 6.07) is 0.548. The minimum Gasteiger partial charge on any atom is -0.380 e. The van der Waals surface area contributed by atoms with Crippen molar-refractivity contribution in [1.29, 1.82) is 0 Å². The van der Waals surface area contributed by atoms with Crippen molar-refractivity contribution < 1.29 is 4.74 Å². The standard InChI is InChI=1S/C10H21N3O/c1-12-4-6-13(7-5-12)11-10-3-2-8-14-9-10/h10-11H,2-9H2,1H3. The first-order valence-electron chi connectivity index (χ1n) is 5.62. The second-order valence-electron chi connectivity index (χ2n) is 4.33. The van der Waals surface area contributed by atoms with E-state index in [0.717, 1.165) is 26.3 Å². The molecule has 2 rings (SSSR count). The van der Waals surface area contributed by atoms with Gasteiger partial charge in [0.2, 0.25) is 0 Å². The lowest BCUT2D eigenvalue weighted by atomic mass is 10.1. The van der Waals surface area contributed by atoms with E-state index in [4.69, 9.17) is 4.74 Å². The Morgan fingerprint density at radius 2 is 2.00 bits per heavy atom. The number of likely N-dealkylation sites (N-methyl/N-ethyl adjacent to an activating group) is 1. The van der Waals surface area contributed by atoms with Crippen LogP contribution in [-0.4, -0.2) is 62.4 Å². The molecule has 82 valence electrons. The average Bonchev–Trinajstić information content (AvgIpc) is 2.23. The summed E-state index contributed by atoms with van der Waals surface area (Å²) in [5, 5.41) is 2.35. The van der Waals surface area contributed by atoms with E-state index < -0.39 is 0 Å². The maximum atomic E-state index is 5.45. The molecular formula is C10H21N3O. The molecule has 0 saturated carbocycles. The van der Waals surface area contributed by atoms with Gasteiger partial charge in [-0.25, -0.2) is 10.4 Å². The highest BCUT2D eigenvalue weighted by Crippen LogP contribution is 2.07. The van der Waals surface area contributed by atoms with E-state index in [1.54, 1.807) is 0 Å². The molecule has 2 heterocycles. The molecule has 2 aliphatic rings. The lowest BCUT2D eigenvalue weighted by Crippen LogP contribution is -2.55. The number of rotatable bonds is 2. The van der Waals surface area contributed by atoms with E-state index >= 15 is 0 Å². The highest BCUT2D eigenvalue weighted by atomic mass is 16.5. The van der Waals surface area contributed by atoms with Gasteiger partial charge in [-0.2, -0.15) is 0 Å². The van der Waals surface area contributed by atoms with Crippen molar-refractivity contribution in [3.63, 3.8) is 0 Å². The lowest BCUT2D eigenvalue weighted by Gasteiger charge is -2.36. The maximum absolute atomic E-state index is 5.45. The molecule has 0 bridgehead atoms. The summed E-state index contributed by atoms with van der Waals surface area (Å²) in [6.45, 7) is 6.43. The zero-order valence-electron chi connectivity index (χ0n) is 9.04. The Labute approximate surface area is 86.2 Å². The first-order chi connectivity index (χ1) is 6.84. The summed E-state index contributed by atoms with van der Waals surface area (Å²) in [6.07, 6.45) is 2.46. The van der Waals surface area contributed by atoms with Crippen LogP contribution in [-0.2, 0) is 4.74 Å². The van der Waals surface area contributed by atoms with E-state index in [1.807, 2.05) is 0 Å². The van der Waals surface area contributed by atoms with Gasteiger partial charge in [0.25, 0.3) is 0 Å². The van der Waals surface area contributed by atoms with Crippen molar-refractivity contribution >= 4 is 0 Å². The Morgan fingerprint density at radius 3 is 2.64 bits per heavy atom. The molecule has 2 aliphatic heterocycles. The molecule has 0 aromatic rings. The van der Waals surface area contributed by atoms with Gasteiger partial charge in [0.1, 0.15) is 0 Å². The van der Waals surface area contributed by atoms with Crippen LogP contribution in [0.5, 0.6) is 0 Å². The molecule has 14 heavy (non-hydrogen) atoms. The van der Waals surface area contributed by atoms with Crippen LogP contribution < -0.4 is 5.43 Å². The van der Waals surface area contributed by atoms with Gasteiger partial charge in [-0.1, -0.05) is 0 Å².